The summed E-state index contributed by atoms with van der Waals surface area (Å²) in [4.78, 5) is 0. The average Bonchev–Trinajstić information content (AvgIpc) is 2.69. The first-order chi connectivity index (χ1) is 14.4. The molecular weight excluding hydrogens is 422 g/mol. The van der Waals surface area contributed by atoms with Crippen molar-refractivity contribution in [3.63, 3.8) is 0 Å². The molecule has 8 heteroatoms. The van der Waals surface area contributed by atoms with Crippen LogP contribution in [0.1, 0.15) is 23.6 Å². The van der Waals surface area contributed by atoms with E-state index in [9.17, 15) is 26.3 Å². The zero-order chi connectivity index (χ0) is 23.1. The van der Waals surface area contributed by atoms with Crippen LogP contribution in [0.3, 0.4) is 0 Å². The Morgan fingerprint density at radius 1 is 0.774 bits per heavy atom. The van der Waals surface area contributed by atoms with Gasteiger partial charge in [0.05, 0.1) is 25.3 Å². The van der Waals surface area contributed by atoms with Gasteiger partial charge in [-0.1, -0.05) is 24.3 Å². The van der Waals surface area contributed by atoms with Gasteiger partial charge in [-0.3, -0.25) is 0 Å². The van der Waals surface area contributed by atoms with Crippen molar-refractivity contribution in [1.29, 1.82) is 0 Å². The summed E-state index contributed by atoms with van der Waals surface area (Å²) < 4.78 is 91.1. The number of methoxy groups -OCH3 is 2. The molecule has 0 aliphatic carbocycles. The maximum Gasteiger partial charge on any atom is 0.416 e. The van der Waals surface area contributed by atoms with E-state index in [1.54, 1.807) is 25.1 Å². The number of hydrogen-bond acceptors (Lipinski definition) is 2. The van der Waals surface area contributed by atoms with E-state index in [0.29, 0.717) is 39.8 Å². The lowest BCUT2D eigenvalue weighted by Gasteiger charge is -2.19. The molecular formula is C23H18F6O2. The zero-order valence-electron chi connectivity index (χ0n) is 16.8. The minimum atomic E-state index is -4.95. The molecule has 3 rings (SSSR count). The van der Waals surface area contributed by atoms with E-state index in [-0.39, 0.29) is 22.9 Å². The first-order valence-electron chi connectivity index (χ1n) is 9.01. The first-order valence-corrected chi connectivity index (χ1v) is 9.01. The van der Waals surface area contributed by atoms with Crippen molar-refractivity contribution in [3.8, 4) is 22.6 Å². The van der Waals surface area contributed by atoms with Crippen LogP contribution in [0.15, 0.2) is 49.0 Å². The average molecular weight is 440 g/mol. The van der Waals surface area contributed by atoms with Crippen LogP contribution in [0.2, 0.25) is 0 Å². The molecule has 0 fully saturated rings. The Labute approximate surface area is 174 Å². The topological polar surface area (TPSA) is 18.5 Å². The van der Waals surface area contributed by atoms with Crippen molar-refractivity contribution in [3.05, 3.63) is 65.7 Å². The highest BCUT2D eigenvalue weighted by Gasteiger charge is 2.37. The lowest BCUT2D eigenvalue weighted by Crippen LogP contribution is -2.11. The van der Waals surface area contributed by atoms with Crippen LogP contribution >= 0.6 is 0 Å². The smallest absolute Gasteiger partial charge is 0.416 e. The molecule has 0 saturated carbocycles. The number of rotatable bonds is 4. The zero-order valence-corrected chi connectivity index (χ0v) is 16.8. The van der Waals surface area contributed by atoms with Crippen molar-refractivity contribution in [1.82, 2.24) is 0 Å². The minimum absolute atomic E-state index is 0.110. The molecule has 0 atom stereocenters. The first kappa shape index (κ1) is 22.5. The van der Waals surface area contributed by atoms with E-state index in [0.717, 1.165) is 0 Å². The monoisotopic (exact) mass is 440 g/mol. The molecule has 3 aromatic rings. The fourth-order valence-corrected chi connectivity index (χ4v) is 3.42. The molecule has 0 amide bonds. The highest BCUT2D eigenvalue weighted by molar-refractivity contribution is 6.03. The van der Waals surface area contributed by atoms with Gasteiger partial charge in [0, 0.05) is 0 Å². The van der Waals surface area contributed by atoms with Gasteiger partial charge in [-0.15, -0.1) is 0 Å². The van der Waals surface area contributed by atoms with Crippen LogP contribution in [0, 0.1) is 0 Å². The molecule has 0 heterocycles. The van der Waals surface area contributed by atoms with Gasteiger partial charge in [0.1, 0.15) is 0 Å². The number of fused-ring (bicyclic) bond motifs is 1. The summed E-state index contributed by atoms with van der Waals surface area (Å²) in [6.07, 6.45) is -9.91. The maximum absolute atomic E-state index is 13.4. The van der Waals surface area contributed by atoms with Crippen molar-refractivity contribution in [2.45, 2.75) is 19.3 Å². The predicted octanol–water partition coefficient (Wildman–Crippen LogP) is 7.59. The molecule has 3 aromatic carbocycles. The largest absolute Gasteiger partial charge is 0.493 e. The molecule has 0 N–H and O–H groups in total. The van der Waals surface area contributed by atoms with Crippen LogP contribution in [0.25, 0.3) is 27.5 Å². The Morgan fingerprint density at radius 2 is 1.29 bits per heavy atom. The van der Waals surface area contributed by atoms with Crippen molar-refractivity contribution in [2.24, 2.45) is 0 Å². The third kappa shape index (κ3) is 4.33. The Hall–Kier alpha value is -3.16. The number of hydrogen-bond donors (Lipinski definition) is 0. The van der Waals surface area contributed by atoms with Gasteiger partial charge in [-0.25, -0.2) is 0 Å². The lowest BCUT2D eigenvalue weighted by molar-refractivity contribution is -0.143. The van der Waals surface area contributed by atoms with E-state index < -0.39 is 23.5 Å². The highest BCUT2D eigenvalue weighted by Crippen LogP contribution is 2.44. The molecule has 0 radical (unpaired) electrons. The molecule has 0 spiro atoms. The number of alkyl halides is 6. The van der Waals surface area contributed by atoms with Gasteiger partial charge in [0.25, 0.3) is 0 Å². The van der Waals surface area contributed by atoms with Crippen molar-refractivity contribution >= 4 is 16.3 Å². The second-order valence-electron chi connectivity index (χ2n) is 6.99. The highest BCUT2D eigenvalue weighted by atomic mass is 19.4. The molecule has 31 heavy (non-hydrogen) atoms. The van der Waals surface area contributed by atoms with Gasteiger partial charge >= 0.3 is 12.4 Å². The molecule has 0 aliphatic heterocycles. The fraction of sp³-hybridized carbons (Fsp3) is 0.217. The standard InChI is InChI=1S/C23H18F6O2/c1-12(2)17-6-5-13-9-19(30-3)20(31-4)11-18(13)21(17)14-7-15(22(24,25)26)10-16(8-14)23(27,28)29/h5-11H,1H2,2-4H3. The van der Waals surface area contributed by atoms with E-state index in [4.69, 9.17) is 9.47 Å². The molecule has 0 aromatic heterocycles. The summed E-state index contributed by atoms with van der Waals surface area (Å²) in [6.45, 7) is 5.47. The Morgan fingerprint density at radius 3 is 1.74 bits per heavy atom. The SMILES string of the molecule is C=C(C)c1ccc2cc(OC)c(OC)cc2c1-c1cc(C(F)(F)F)cc(C(F)(F)F)c1. The lowest BCUT2D eigenvalue weighted by atomic mass is 9.88. The minimum Gasteiger partial charge on any atom is -0.493 e. The Bertz CT molecular complexity index is 1130. The van der Waals surface area contributed by atoms with Crippen LogP contribution in [-0.4, -0.2) is 14.2 Å². The molecule has 164 valence electrons. The Balaban J connectivity index is 2.48. The van der Waals surface area contributed by atoms with Crippen molar-refractivity contribution in [2.75, 3.05) is 14.2 Å². The second-order valence-corrected chi connectivity index (χ2v) is 6.99. The van der Waals surface area contributed by atoms with Gasteiger partial charge in [0.2, 0.25) is 0 Å². The molecule has 0 aliphatic rings. The third-order valence-corrected chi connectivity index (χ3v) is 4.86. The van der Waals surface area contributed by atoms with E-state index in [2.05, 4.69) is 6.58 Å². The van der Waals surface area contributed by atoms with Gasteiger partial charge in [0.15, 0.2) is 11.5 Å². The quantitative estimate of drug-likeness (QED) is 0.389. The fourth-order valence-electron chi connectivity index (χ4n) is 3.42. The maximum atomic E-state index is 13.4. The van der Waals surface area contributed by atoms with Crippen molar-refractivity contribution < 1.29 is 35.8 Å². The van der Waals surface area contributed by atoms with Gasteiger partial charge in [-0.2, -0.15) is 26.3 Å². The molecule has 2 nitrogen and oxygen atoms in total. The Kier molecular flexibility index (Phi) is 5.69. The normalized spacial score (nSPS) is 12.2. The van der Waals surface area contributed by atoms with Crippen LogP contribution in [-0.2, 0) is 12.4 Å². The van der Waals surface area contributed by atoms with Crippen LogP contribution < -0.4 is 9.47 Å². The van der Waals surface area contributed by atoms with Gasteiger partial charge < -0.3 is 9.47 Å². The molecule has 0 unspecified atom stereocenters. The summed E-state index contributed by atoms with van der Waals surface area (Å²) in [5, 5.41) is 0.967. The summed E-state index contributed by atoms with van der Waals surface area (Å²) >= 11 is 0. The predicted molar refractivity (Wildman–Crippen MR) is 107 cm³/mol. The van der Waals surface area contributed by atoms with E-state index >= 15 is 0 Å². The summed E-state index contributed by atoms with van der Waals surface area (Å²) in [5.74, 6) is 0.669. The van der Waals surface area contributed by atoms with Gasteiger partial charge in [-0.05, 0) is 64.7 Å². The summed E-state index contributed by atoms with van der Waals surface area (Å²) in [6, 6.07) is 7.99. The van der Waals surface area contributed by atoms with E-state index in [1.165, 1.54) is 20.3 Å². The number of allylic oxidation sites excluding steroid dienone is 1. The molecule has 0 bridgehead atoms. The third-order valence-electron chi connectivity index (χ3n) is 4.86. The summed E-state index contributed by atoms with van der Waals surface area (Å²) in [7, 11) is 2.81. The van der Waals surface area contributed by atoms with Crippen LogP contribution in [0.5, 0.6) is 11.5 Å². The van der Waals surface area contributed by atoms with E-state index in [1.807, 2.05) is 0 Å². The van der Waals surface area contributed by atoms with Crippen LogP contribution in [0.4, 0.5) is 26.3 Å². The number of halogens is 6. The number of benzene rings is 3. The summed E-state index contributed by atoms with van der Waals surface area (Å²) in [5.41, 5.74) is -1.89. The molecule has 0 saturated heterocycles. The number of ether oxygens (including phenoxy) is 2. The second kappa shape index (κ2) is 7.83.